The van der Waals surface area contributed by atoms with Gasteiger partial charge in [-0.15, -0.1) is 0 Å². The van der Waals surface area contributed by atoms with Crippen LogP contribution in [0.1, 0.15) is 55.3 Å². The number of halogens is 2. The highest BCUT2D eigenvalue weighted by Crippen LogP contribution is 2.32. The molecule has 2 heterocycles. The maximum absolute atomic E-state index is 13.9. The van der Waals surface area contributed by atoms with Crippen molar-refractivity contribution >= 4 is 37.5 Å². The van der Waals surface area contributed by atoms with Crippen molar-refractivity contribution in [2.45, 2.75) is 62.0 Å². The molecule has 0 spiro atoms. The number of hydrogen-bond donors (Lipinski definition) is 0. The first-order valence-electron chi connectivity index (χ1n) is 12.5. The minimum absolute atomic E-state index is 0.0199. The maximum Gasteiger partial charge on any atom is 0.274 e. The van der Waals surface area contributed by atoms with Crippen molar-refractivity contribution in [3.8, 4) is 5.19 Å². The molecule has 5 rings (SSSR count). The molecule has 0 N–H and O–H groups in total. The predicted octanol–water partition coefficient (Wildman–Crippen LogP) is 5.21. The van der Waals surface area contributed by atoms with Crippen molar-refractivity contribution in [3.05, 3.63) is 53.6 Å². The van der Waals surface area contributed by atoms with Crippen LogP contribution in [0.2, 0.25) is 0 Å². The number of piperidine rings is 1. The van der Waals surface area contributed by atoms with Gasteiger partial charge in [0.15, 0.2) is 5.82 Å². The largest absolute Gasteiger partial charge is 0.467 e. The van der Waals surface area contributed by atoms with E-state index in [1.807, 2.05) is 0 Å². The van der Waals surface area contributed by atoms with Gasteiger partial charge in [-0.05, 0) is 43.2 Å². The third kappa shape index (κ3) is 5.49. The minimum atomic E-state index is -3.62. The lowest BCUT2D eigenvalue weighted by molar-refractivity contribution is 0.0595. The SMILES string of the molecule is CN(C1CCCCC1)S(=O)(=O)c1ccc(C(=O)N2CCC(Oc3nc4c(F)cc(F)cc4s3)CC2)cc1. The van der Waals surface area contributed by atoms with E-state index in [1.165, 1.54) is 22.5 Å². The van der Waals surface area contributed by atoms with E-state index >= 15 is 0 Å². The van der Waals surface area contributed by atoms with E-state index in [1.54, 1.807) is 24.1 Å². The van der Waals surface area contributed by atoms with Crippen LogP contribution in [0.3, 0.4) is 0 Å². The van der Waals surface area contributed by atoms with Crippen molar-refractivity contribution in [1.29, 1.82) is 0 Å². The van der Waals surface area contributed by atoms with Gasteiger partial charge in [-0.25, -0.2) is 17.2 Å². The molecular weight excluding hydrogens is 520 g/mol. The molecule has 1 amide bonds. The maximum atomic E-state index is 13.9. The Morgan fingerprint density at radius 3 is 2.41 bits per heavy atom. The van der Waals surface area contributed by atoms with Crippen LogP contribution in [0, 0.1) is 11.6 Å². The van der Waals surface area contributed by atoms with Gasteiger partial charge in [0.2, 0.25) is 10.0 Å². The molecule has 0 atom stereocenters. The van der Waals surface area contributed by atoms with E-state index in [9.17, 15) is 22.0 Å². The minimum Gasteiger partial charge on any atom is -0.467 e. The van der Waals surface area contributed by atoms with Gasteiger partial charge in [0, 0.05) is 50.7 Å². The van der Waals surface area contributed by atoms with Gasteiger partial charge in [0.1, 0.15) is 17.4 Å². The molecule has 2 fully saturated rings. The summed E-state index contributed by atoms with van der Waals surface area (Å²) in [5.74, 6) is -1.55. The second-order valence-corrected chi connectivity index (χ2v) is 12.7. The van der Waals surface area contributed by atoms with Crippen LogP contribution < -0.4 is 4.74 Å². The molecular formula is C26H29F2N3O4S2. The third-order valence-electron chi connectivity index (χ3n) is 7.26. The normalized spacial score (nSPS) is 18.0. The van der Waals surface area contributed by atoms with Gasteiger partial charge < -0.3 is 9.64 Å². The number of rotatable bonds is 6. The van der Waals surface area contributed by atoms with E-state index in [-0.39, 0.29) is 33.7 Å². The summed E-state index contributed by atoms with van der Waals surface area (Å²) < 4.78 is 61.3. The molecule has 2 aromatic carbocycles. The summed E-state index contributed by atoms with van der Waals surface area (Å²) in [6, 6.07) is 8.20. The molecule has 0 radical (unpaired) electrons. The number of carbonyl (C=O) groups excluding carboxylic acids is 1. The fourth-order valence-electron chi connectivity index (χ4n) is 5.07. The predicted molar refractivity (Wildman–Crippen MR) is 137 cm³/mol. The third-order valence-corrected chi connectivity index (χ3v) is 10.1. The Labute approximate surface area is 219 Å². The van der Waals surface area contributed by atoms with Crippen LogP contribution in [0.25, 0.3) is 10.2 Å². The molecule has 2 aliphatic rings. The van der Waals surface area contributed by atoms with E-state index < -0.39 is 21.7 Å². The Hall–Kier alpha value is -2.63. The van der Waals surface area contributed by atoms with Gasteiger partial charge in [-0.1, -0.05) is 30.6 Å². The van der Waals surface area contributed by atoms with Gasteiger partial charge in [0.05, 0.1) is 9.60 Å². The summed E-state index contributed by atoms with van der Waals surface area (Å²) in [7, 11) is -1.98. The number of amides is 1. The summed E-state index contributed by atoms with van der Waals surface area (Å²) in [6.45, 7) is 0.920. The molecule has 198 valence electrons. The van der Waals surface area contributed by atoms with E-state index in [0.717, 1.165) is 49.5 Å². The number of thiazole rings is 1. The van der Waals surface area contributed by atoms with Crippen molar-refractivity contribution in [1.82, 2.24) is 14.2 Å². The monoisotopic (exact) mass is 549 g/mol. The molecule has 1 aromatic heterocycles. The summed E-state index contributed by atoms with van der Waals surface area (Å²) >= 11 is 1.09. The van der Waals surface area contributed by atoms with Crippen molar-refractivity contribution in [2.24, 2.45) is 0 Å². The topological polar surface area (TPSA) is 79.8 Å². The fraction of sp³-hybridized carbons (Fsp3) is 0.462. The average molecular weight is 550 g/mol. The number of hydrogen-bond acceptors (Lipinski definition) is 6. The second kappa shape index (κ2) is 10.6. The Kier molecular flexibility index (Phi) is 7.46. The lowest BCUT2D eigenvalue weighted by Gasteiger charge is -2.32. The molecule has 0 unspecified atom stereocenters. The summed E-state index contributed by atoms with van der Waals surface area (Å²) in [6.07, 6.45) is 5.92. The zero-order chi connectivity index (χ0) is 26.2. The fourth-order valence-corrected chi connectivity index (χ4v) is 7.40. The van der Waals surface area contributed by atoms with Crippen LogP contribution in [0.15, 0.2) is 41.3 Å². The number of carbonyl (C=O) groups is 1. The quantitative estimate of drug-likeness (QED) is 0.422. The number of fused-ring (bicyclic) bond motifs is 1. The Bertz CT molecular complexity index is 1380. The number of sulfonamides is 1. The van der Waals surface area contributed by atoms with Crippen LogP contribution in [0.5, 0.6) is 5.19 Å². The zero-order valence-electron chi connectivity index (χ0n) is 20.5. The average Bonchev–Trinajstić information content (AvgIpc) is 3.31. The van der Waals surface area contributed by atoms with E-state index in [2.05, 4.69) is 4.98 Å². The van der Waals surface area contributed by atoms with Crippen LogP contribution in [-0.4, -0.2) is 60.8 Å². The van der Waals surface area contributed by atoms with Gasteiger partial charge >= 0.3 is 0 Å². The van der Waals surface area contributed by atoms with Crippen LogP contribution in [-0.2, 0) is 10.0 Å². The van der Waals surface area contributed by atoms with Crippen molar-refractivity contribution in [2.75, 3.05) is 20.1 Å². The van der Waals surface area contributed by atoms with E-state index in [4.69, 9.17) is 4.74 Å². The first-order valence-corrected chi connectivity index (χ1v) is 14.8. The molecule has 11 heteroatoms. The summed E-state index contributed by atoms with van der Waals surface area (Å²) in [5, 5.41) is 0.277. The van der Waals surface area contributed by atoms with Gasteiger partial charge in [-0.3, -0.25) is 4.79 Å². The summed E-state index contributed by atoms with van der Waals surface area (Å²) in [5.41, 5.74) is 0.520. The lowest BCUT2D eigenvalue weighted by Crippen LogP contribution is -2.41. The Morgan fingerprint density at radius 2 is 1.73 bits per heavy atom. The van der Waals surface area contributed by atoms with Gasteiger partial charge in [-0.2, -0.15) is 9.29 Å². The first-order chi connectivity index (χ1) is 17.7. The highest BCUT2D eigenvalue weighted by Gasteiger charge is 2.30. The number of aromatic nitrogens is 1. The Morgan fingerprint density at radius 1 is 1.05 bits per heavy atom. The highest BCUT2D eigenvalue weighted by atomic mass is 32.2. The van der Waals surface area contributed by atoms with Crippen molar-refractivity contribution < 1.29 is 26.7 Å². The second-order valence-electron chi connectivity index (χ2n) is 9.66. The summed E-state index contributed by atoms with van der Waals surface area (Å²) in [4.78, 5) is 19.1. The number of ether oxygens (including phenoxy) is 1. The van der Waals surface area contributed by atoms with Gasteiger partial charge in [0.25, 0.3) is 11.1 Å². The van der Waals surface area contributed by atoms with Crippen molar-refractivity contribution in [3.63, 3.8) is 0 Å². The van der Waals surface area contributed by atoms with E-state index in [0.29, 0.717) is 36.2 Å². The Balaban J connectivity index is 1.18. The molecule has 1 aliphatic heterocycles. The first kappa shape index (κ1) is 26.0. The number of nitrogens with zero attached hydrogens (tertiary/aromatic N) is 3. The molecule has 1 aliphatic carbocycles. The highest BCUT2D eigenvalue weighted by molar-refractivity contribution is 7.89. The molecule has 37 heavy (non-hydrogen) atoms. The molecule has 0 bridgehead atoms. The van der Waals surface area contributed by atoms with Crippen LogP contribution in [0.4, 0.5) is 8.78 Å². The van der Waals surface area contributed by atoms with Crippen LogP contribution >= 0.6 is 11.3 Å². The zero-order valence-corrected chi connectivity index (χ0v) is 22.2. The smallest absolute Gasteiger partial charge is 0.274 e. The molecule has 3 aromatic rings. The lowest BCUT2D eigenvalue weighted by atomic mass is 9.96. The molecule has 1 saturated heterocycles. The number of benzene rings is 2. The standard InChI is InChI=1S/C26H29F2N3O4S2/c1-30(19-5-3-2-4-6-19)37(33,34)21-9-7-17(8-10-21)25(32)31-13-11-20(12-14-31)35-26-29-24-22(28)15-18(27)16-23(24)36-26/h7-10,15-16,19-20H,2-6,11-14H2,1H3. The molecule has 1 saturated carbocycles. The molecule has 7 nitrogen and oxygen atoms in total. The number of likely N-dealkylation sites (tertiary alicyclic amines) is 1.